The van der Waals surface area contributed by atoms with Gasteiger partial charge < -0.3 is 15.6 Å². The molecule has 10 heteroatoms. The summed E-state index contributed by atoms with van der Waals surface area (Å²) in [4.78, 5) is 30.8. The minimum atomic E-state index is -2.71. The summed E-state index contributed by atoms with van der Waals surface area (Å²) in [7, 11) is 0. The monoisotopic (exact) mass is 402 g/mol. The number of hydrogen-bond donors (Lipinski definition) is 3. The fourth-order valence-corrected chi connectivity index (χ4v) is 3.48. The lowest BCUT2D eigenvalue weighted by molar-refractivity contribution is -0.122. The number of aromatic nitrogens is 4. The first-order valence-corrected chi connectivity index (χ1v) is 9.39. The molecule has 8 nitrogen and oxygen atoms in total. The van der Waals surface area contributed by atoms with Crippen LogP contribution in [0.3, 0.4) is 0 Å². The number of nitrogens with one attached hydrogen (secondary N) is 3. The van der Waals surface area contributed by atoms with Crippen LogP contribution in [0, 0.1) is 0 Å². The Morgan fingerprint density at radius 1 is 1.28 bits per heavy atom. The first-order chi connectivity index (χ1) is 14.0. The summed E-state index contributed by atoms with van der Waals surface area (Å²) in [6.07, 6.45) is 4.58. The Labute approximate surface area is 164 Å². The smallest absolute Gasteiger partial charge is 0.295 e. The highest BCUT2D eigenvalue weighted by Gasteiger charge is 2.18. The largest absolute Gasteiger partial charge is 0.352 e. The Balaban J connectivity index is 1.38. The van der Waals surface area contributed by atoms with E-state index in [0.717, 1.165) is 25.7 Å². The van der Waals surface area contributed by atoms with Crippen LogP contribution in [-0.4, -0.2) is 37.6 Å². The zero-order valence-electron chi connectivity index (χ0n) is 15.5. The molecule has 3 aromatic rings. The first kappa shape index (κ1) is 19.0. The van der Waals surface area contributed by atoms with E-state index in [1.165, 1.54) is 29.1 Å². The molecule has 2 amide bonds. The number of H-pyrrole nitrogens is 1. The molecule has 4 rings (SSSR count). The number of imidazole rings is 1. The van der Waals surface area contributed by atoms with E-state index in [-0.39, 0.29) is 24.1 Å². The van der Waals surface area contributed by atoms with Crippen LogP contribution in [0.2, 0.25) is 0 Å². The highest BCUT2D eigenvalue weighted by Crippen LogP contribution is 2.21. The number of carbonyl (C=O) groups is 2. The van der Waals surface area contributed by atoms with Crippen LogP contribution in [0.4, 0.5) is 14.5 Å². The van der Waals surface area contributed by atoms with Crippen LogP contribution in [-0.2, 0) is 11.3 Å². The summed E-state index contributed by atoms with van der Waals surface area (Å²) in [6.45, 7) is 0.0723. The third kappa shape index (κ3) is 4.41. The molecule has 0 spiro atoms. The second kappa shape index (κ2) is 7.98. The third-order valence-electron chi connectivity index (χ3n) is 4.89. The molecular formula is C19H20F2N6O2. The van der Waals surface area contributed by atoms with Gasteiger partial charge in [0.2, 0.25) is 5.91 Å². The average molecular weight is 402 g/mol. The molecule has 0 radical (unpaired) electrons. The second-order valence-corrected chi connectivity index (χ2v) is 7.08. The number of nitrogens with zero attached hydrogens (tertiary/aromatic N) is 3. The van der Waals surface area contributed by atoms with Crippen molar-refractivity contribution in [2.75, 3.05) is 5.32 Å². The number of aromatic amines is 1. The molecule has 1 aliphatic rings. The summed E-state index contributed by atoms with van der Waals surface area (Å²) in [5, 5.41) is 9.75. The number of rotatable bonds is 6. The summed E-state index contributed by atoms with van der Waals surface area (Å²) >= 11 is 0. The van der Waals surface area contributed by atoms with E-state index < -0.39 is 18.2 Å². The van der Waals surface area contributed by atoms with E-state index in [4.69, 9.17) is 0 Å². The Morgan fingerprint density at radius 2 is 2.07 bits per heavy atom. The molecule has 0 saturated heterocycles. The van der Waals surface area contributed by atoms with E-state index in [0.29, 0.717) is 16.7 Å². The van der Waals surface area contributed by atoms with Gasteiger partial charge in [-0.05, 0) is 31.0 Å². The Bertz CT molecular complexity index is 1040. The second-order valence-electron chi connectivity index (χ2n) is 7.08. The lowest BCUT2D eigenvalue weighted by atomic mass is 10.2. The molecule has 1 fully saturated rings. The minimum Gasteiger partial charge on any atom is -0.352 e. The van der Waals surface area contributed by atoms with Gasteiger partial charge in [-0.1, -0.05) is 12.8 Å². The van der Waals surface area contributed by atoms with Crippen molar-refractivity contribution in [2.45, 2.75) is 44.7 Å². The fourth-order valence-electron chi connectivity index (χ4n) is 3.48. The van der Waals surface area contributed by atoms with Gasteiger partial charge in [-0.2, -0.15) is 5.10 Å². The van der Waals surface area contributed by atoms with Crippen LogP contribution in [0.5, 0.6) is 0 Å². The maximum absolute atomic E-state index is 12.7. The molecule has 29 heavy (non-hydrogen) atoms. The van der Waals surface area contributed by atoms with Gasteiger partial charge >= 0.3 is 0 Å². The van der Waals surface area contributed by atoms with Crippen molar-refractivity contribution in [3.05, 3.63) is 42.0 Å². The van der Waals surface area contributed by atoms with Crippen molar-refractivity contribution < 1.29 is 18.4 Å². The number of carbonyl (C=O) groups excluding carboxylic acids is 2. The molecule has 3 N–H and O–H groups in total. The van der Waals surface area contributed by atoms with Gasteiger partial charge in [0.1, 0.15) is 6.54 Å². The van der Waals surface area contributed by atoms with Crippen molar-refractivity contribution in [1.82, 2.24) is 25.1 Å². The van der Waals surface area contributed by atoms with Crippen LogP contribution in [0.1, 0.15) is 48.3 Å². The molecular weight excluding hydrogens is 382 g/mol. The van der Waals surface area contributed by atoms with Gasteiger partial charge in [-0.15, -0.1) is 0 Å². The van der Waals surface area contributed by atoms with Gasteiger partial charge in [0.25, 0.3) is 12.3 Å². The predicted molar refractivity (Wildman–Crippen MR) is 102 cm³/mol. The van der Waals surface area contributed by atoms with Crippen molar-refractivity contribution in [2.24, 2.45) is 0 Å². The van der Waals surface area contributed by atoms with E-state index in [2.05, 4.69) is 25.7 Å². The predicted octanol–water partition coefficient (Wildman–Crippen LogP) is 3.01. The van der Waals surface area contributed by atoms with Crippen molar-refractivity contribution in [3.63, 3.8) is 0 Å². The number of fused-ring (bicyclic) bond motifs is 1. The number of benzene rings is 1. The molecule has 0 unspecified atom stereocenters. The summed E-state index contributed by atoms with van der Waals surface area (Å²) in [5.41, 5.74) is 1.43. The zero-order chi connectivity index (χ0) is 20.4. The quantitative estimate of drug-likeness (QED) is 0.589. The van der Waals surface area contributed by atoms with Gasteiger partial charge in [0.05, 0.1) is 22.9 Å². The van der Waals surface area contributed by atoms with Crippen LogP contribution in [0.25, 0.3) is 11.0 Å². The SMILES string of the molecule is O=C(Cn1cc(NC(=O)c2ccc3nc(C(F)F)[nH]c3c2)cn1)NC1CCCC1. The Hall–Kier alpha value is -3.30. The maximum Gasteiger partial charge on any atom is 0.295 e. The zero-order valence-corrected chi connectivity index (χ0v) is 15.5. The van der Waals surface area contributed by atoms with Crippen LogP contribution >= 0.6 is 0 Å². The lowest BCUT2D eigenvalue weighted by Gasteiger charge is -2.11. The Morgan fingerprint density at radius 3 is 2.83 bits per heavy atom. The number of amides is 2. The van der Waals surface area contributed by atoms with Crippen LogP contribution in [0.15, 0.2) is 30.6 Å². The number of anilines is 1. The van der Waals surface area contributed by atoms with Crippen LogP contribution < -0.4 is 10.6 Å². The van der Waals surface area contributed by atoms with E-state index in [9.17, 15) is 18.4 Å². The maximum atomic E-state index is 12.7. The fraction of sp³-hybridized carbons (Fsp3) is 0.368. The van der Waals surface area contributed by atoms with Gasteiger partial charge in [0.15, 0.2) is 5.82 Å². The topological polar surface area (TPSA) is 105 Å². The first-order valence-electron chi connectivity index (χ1n) is 9.39. The number of halogens is 2. The highest BCUT2D eigenvalue weighted by atomic mass is 19.3. The molecule has 0 atom stereocenters. The van der Waals surface area contributed by atoms with Gasteiger partial charge in [-0.3, -0.25) is 14.3 Å². The Kier molecular flexibility index (Phi) is 5.24. The summed E-state index contributed by atoms with van der Waals surface area (Å²) in [6, 6.07) is 4.71. The minimum absolute atomic E-state index is 0.0723. The summed E-state index contributed by atoms with van der Waals surface area (Å²) in [5.74, 6) is -0.970. The third-order valence-corrected chi connectivity index (χ3v) is 4.89. The highest BCUT2D eigenvalue weighted by molar-refractivity contribution is 6.05. The molecule has 0 bridgehead atoms. The number of hydrogen-bond acceptors (Lipinski definition) is 4. The standard InChI is InChI=1S/C19H20F2N6O2/c20-17(21)18-25-14-6-5-11(7-15(14)26-18)19(29)24-13-8-22-27(9-13)10-16(28)23-12-3-1-2-4-12/h5-9,12,17H,1-4,10H2,(H,23,28)(H,24,29)(H,25,26). The summed E-state index contributed by atoms with van der Waals surface area (Å²) < 4.78 is 26.9. The van der Waals surface area contributed by atoms with Crippen molar-refractivity contribution in [3.8, 4) is 0 Å². The van der Waals surface area contributed by atoms with E-state index in [1.807, 2.05) is 0 Å². The van der Waals surface area contributed by atoms with E-state index >= 15 is 0 Å². The lowest BCUT2D eigenvalue weighted by Crippen LogP contribution is -2.35. The van der Waals surface area contributed by atoms with Crippen molar-refractivity contribution in [1.29, 1.82) is 0 Å². The molecule has 1 saturated carbocycles. The molecule has 2 heterocycles. The molecule has 152 valence electrons. The molecule has 1 aromatic carbocycles. The van der Waals surface area contributed by atoms with E-state index in [1.54, 1.807) is 6.20 Å². The number of alkyl halides is 2. The molecule has 0 aliphatic heterocycles. The van der Waals surface area contributed by atoms with Crippen molar-refractivity contribution >= 4 is 28.5 Å². The molecule has 1 aliphatic carbocycles. The molecule has 2 aromatic heterocycles. The normalized spacial score (nSPS) is 14.6. The van der Waals surface area contributed by atoms with Gasteiger partial charge in [-0.25, -0.2) is 13.8 Å². The van der Waals surface area contributed by atoms with Gasteiger partial charge in [0, 0.05) is 17.8 Å². The average Bonchev–Trinajstić information content (AvgIpc) is 3.41.